The maximum atomic E-state index is 5.74. The fourth-order valence-electron chi connectivity index (χ4n) is 1.71. The van der Waals surface area contributed by atoms with E-state index in [4.69, 9.17) is 4.42 Å². The molecule has 6 heteroatoms. The first-order valence-corrected chi connectivity index (χ1v) is 7.86. The van der Waals surface area contributed by atoms with Crippen LogP contribution in [0.1, 0.15) is 12.8 Å². The predicted octanol–water partition coefficient (Wildman–Crippen LogP) is 3.91. The van der Waals surface area contributed by atoms with Crippen LogP contribution in [0, 0.1) is 0 Å². The average molecular weight is 291 g/mol. The van der Waals surface area contributed by atoms with Crippen LogP contribution < -0.4 is 0 Å². The van der Waals surface area contributed by atoms with Crippen molar-refractivity contribution in [3.8, 4) is 10.6 Å². The number of rotatable bonds is 5. The van der Waals surface area contributed by atoms with Gasteiger partial charge in [0.25, 0.3) is 0 Å². The molecule has 0 radical (unpaired) electrons. The lowest BCUT2D eigenvalue weighted by molar-refractivity contribution is 0.530. The number of thioether (sulfide) groups is 1. The zero-order valence-corrected chi connectivity index (χ0v) is 12.1. The normalized spacial score (nSPS) is 11.0. The van der Waals surface area contributed by atoms with Crippen molar-refractivity contribution >= 4 is 23.1 Å². The fraction of sp³-hybridized carbons (Fsp3) is 0.231. The second-order valence-electron chi connectivity index (χ2n) is 3.88. The summed E-state index contributed by atoms with van der Waals surface area (Å²) in [7, 11) is 0. The van der Waals surface area contributed by atoms with E-state index in [0.717, 1.165) is 28.2 Å². The zero-order chi connectivity index (χ0) is 13.1. The Morgan fingerprint density at radius 3 is 3.16 bits per heavy atom. The summed E-state index contributed by atoms with van der Waals surface area (Å²) in [6, 6.07) is 4.04. The number of hydrogen-bond acceptors (Lipinski definition) is 5. The topological polar surface area (TPSA) is 43.9 Å². The molecule has 0 aliphatic carbocycles. The molecule has 0 aromatic carbocycles. The summed E-state index contributed by atoms with van der Waals surface area (Å²) < 4.78 is 7.85. The highest BCUT2D eigenvalue weighted by atomic mass is 32.2. The molecule has 98 valence electrons. The fourth-order valence-corrected chi connectivity index (χ4v) is 3.26. The highest BCUT2D eigenvalue weighted by molar-refractivity contribution is 7.98. The summed E-state index contributed by atoms with van der Waals surface area (Å²) in [5.41, 5.74) is 0. The van der Waals surface area contributed by atoms with Gasteiger partial charge in [0.2, 0.25) is 5.89 Å². The van der Waals surface area contributed by atoms with Gasteiger partial charge in [-0.25, -0.2) is 9.97 Å². The lowest BCUT2D eigenvalue weighted by Gasteiger charge is -2.01. The Labute approximate surface area is 119 Å². The molecular formula is C13H13N3OS2. The van der Waals surface area contributed by atoms with E-state index in [2.05, 4.69) is 21.5 Å². The van der Waals surface area contributed by atoms with Crippen LogP contribution >= 0.6 is 23.1 Å². The number of imidazole rings is 1. The molecule has 0 amide bonds. The molecule has 0 N–H and O–H groups in total. The van der Waals surface area contributed by atoms with E-state index in [1.165, 1.54) is 0 Å². The summed E-state index contributed by atoms with van der Waals surface area (Å²) in [6.07, 6.45) is 5.58. The maximum absolute atomic E-state index is 5.74. The Kier molecular flexibility index (Phi) is 3.70. The second kappa shape index (κ2) is 5.63. The predicted molar refractivity (Wildman–Crippen MR) is 77.3 cm³/mol. The van der Waals surface area contributed by atoms with E-state index in [0.29, 0.717) is 5.75 Å². The van der Waals surface area contributed by atoms with Gasteiger partial charge in [0.15, 0.2) is 10.9 Å². The molecule has 0 bridgehead atoms. The van der Waals surface area contributed by atoms with Crippen LogP contribution in [0.2, 0.25) is 0 Å². The second-order valence-corrected chi connectivity index (χ2v) is 5.77. The standard InChI is InChI=1S/C13H13N3OS2/c1-2-16-6-5-14-13(16)19-9-12-15-8-10(17-12)11-4-3-7-18-11/h3-8H,2,9H2,1H3. The first-order chi connectivity index (χ1) is 9.36. The van der Waals surface area contributed by atoms with E-state index >= 15 is 0 Å². The first kappa shape index (κ1) is 12.5. The lowest BCUT2D eigenvalue weighted by Crippen LogP contribution is -1.94. The van der Waals surface area contributed by atoms with E-state index in [1.807, 2.05) is 29.9 Å². The molecule has 0 saturated carbocycles. The van der Waals surface area contributed by atoms with Crippen molar-refractivity contribution in [2.24, 2.45) is 0 Å². The minimum atomic E-state index is 0.697. The number of nitrogens with zero attached hydrogens (tertiary/aromatic N) is 3. The summed E-state index contributed by atoms with van der Waals surface area (Å²) in [5.74, 6) is 2.27. The number of oxazole rings is 1. The van der Waals surface area contributed by atoms with Crippen molar-refractivity contribution in [1.29, 1.82) is 0 Å². The zero-order valence-electron chi connectivity index (χ0n) is 10.4. The largest absolute Gasteiger partial charge is 0.439 e. The quantitative estimate of drug-likeness (QED) is 0.668. The number of thiophene rings is 1. The van der Waals surface area contributed by atoms with Gasteiger partial charge in [-0.15, -0.1) is 11.3 Å². The molecule has 3 rings (SSSR count). The molecule has 19 heavy (non-hydrogen) atoms. The molecule has 3 aromatic heterocycles. The van der Waals surface area contributed by atoms with Gasteiger partial charge in [0.05, 0.1) is 16.8 Å². The van der Waals surface area contributed by atoms with Crippen molar-refractivity contribution in [1.82, 2.24) is 14.5 Å². The number of aromatic nitrogens is 3. The van der Waals surface area contributed by atoms with Crippen molar-refractivity contribution in [3.63, 3.8) is 0 Å². The van der Waals surface area contributed by atoms with Crippen LogP contribution in [-0.2, 0) is 12.3 Å². The highest BCUT2D eigenvalue weighted by Gasteiger charge is 2.09. The molecule has 0 unspecified atom stereocenters. The smallest absolute Gasteiger partial charge is 0.205 e. The Morgan fingerprint density at radius 2 is 2.37 bits per heavy atom. The maximum Gasteiger partial charge on any atom is 0.205 e. The third-order valence-corrected chi connectivity index (χ3v) is 4.53. The molecule has 0 aliphatic heterocycles. The van der Waals surface area contributed by atoms with Crippen LogP contribution in [0.15, 0.2) is 45.7 Å². The summed E-state index contributed by atoms with van der Waals surface area (Å²) in [6.45, 7) is 3.03. The molecule has 0 atom stereocenters. The molecule has 0 spiro atoms. The van der Waals surface area contributed by atoms with Crippen LogP contribution in [0.4, 0.5) is 0 Å². The summed E-state index contributed by atoms with van der Waals surface area (Å²) in [4.78, 5) is 9.74. The van der Waals surface area contributed by atoms with Gasteiger partial charge >= 0.3 is 0 Å². The van der Waals surface area contributed by atoms with Crippen molar-refractivity contribution < 1.29 is 4.42 Å². The monoisotopic (exact) mass is 291 g/mol. The molecule has 0 fully saturated rings. The van der Waals surface area contributed by atoms with Crippen LogP contribution in [-0.4, -0.2) is 14.5 Å². The Balaban J connectivity index is 1.68. The van der Waals surface area contributed by atoms with Gasteiger partial charge < -0.3 is 8.98 Å². The Bertz CT molecular complexity index is 642. The average Bonchev–Trinajstić information content (AvgIpc) is 3.16. The van der Waals surface area contributed by atoms with Crippen LogP contribution in [0.5, 0.6) is 0 Å². The molecule has 0 saturated heterocycles. The van der Waals surface area contributed by atoms with Crippen molar-refractivity contribution in [3.05, 3.63) is 42.0 Å². The molecule has 3 aromatic rings. The van der Waals surface area contributed by atoms with Crippen molar-refractivity contribution in [2.45, 2.75) is 24.4 Å². The van der Waals surface area contributed by atoms with E-state index in [1.54, 1.807) is 29.3 Å². The highest BCUT2D eigenvalue weighted by Crippen LogP contribution is 2.27. The van der Waals surface area contributed by atoms with E-state index in [-0.39, 0.29) is 0 Å². The minimum absolute atomic E-state index is 0.697. The Morgan fingerprint density at radius 1 is 1.42 bits per heavy atom. The first-order valence-electron chi connectivity index (χ1n) is 5.99. The molecule has 0 aliphatic rings. The third kappa shape index (κ3) is 2.74. The Hall–Kier alpha value is -1.53. The number of hydrogen-bond donors (Lipinski definition) is 0. The summed E-state index contributed by atoms with van der Waals surface area (Å²) >= 11 is 3.30. The van der Waals surface area contributed by atoms with Crippen LogP contribution in [0.25, 0.3) is 10.6 Å². The van der Waals surface area contributed by atoms with Gasteiger partial charge in [0, 0.05) is 18.9 Å². The van der Waals surface area contributed by atoms with Gasteiger partial charge in [-0.1, -0.05) is 17.8 Å². The van der Waals surface area contributed by atoms with Crippen molar-refractivity contribution in [2.75, 3.05) is 0 Å². The van der Waals surface area contributed by atoms with Gasteiger partial charge in [-0.2, -0.15) is 0 Å². The lowest BCUT2D eigenvalue weighted by atomic mass is 10.4. The minimum Gasteiger partial charge on any atom is -0.439 e. The van der Waals surface area contributed by atoms with Gasteiger partial charge in [-0.3, -0.25) is 0 Å². The SMILES string of the molecule is CCn1ccnc1SCc1ncc(-c2cccs2)o1. The molecule has 3 heterocycles. The van der Waals surface area contributed by atoms with Gasteiger partial charge in [-0.05, 0) is 18.4 Å². The number of aryl methyl sites for hydroxylation is 1. The third-order valence-electron chi connectivity index (χ3n) is 2.66. The molecule has 4 nitrogen and oxygen atoms in total. The summed E-state index contributed by atoms with van der Waals surface area (Å²) in [5, 5.41) is 3.03. The van der Waals surface area contributed by atoms with E-state index in [9.17, 15) is 0 Å². The molecular weight excluding hydrogens is 278 g/mol. The van der Waals surface area contributed by atoms with Gasteiger partial charge in [0.1, 0.15) is 0 Å². The van der Waals surface area contributed by atoms with Crippen LogP contribution in [0.3, 0.4) is 0 Å². The van der Waals surface area contributed by atoms with E-state index < -0.39 is 0 Å².